The first-order valence-corrected chi connectivity index (χ1v) is 14.7. The molecule has 46 heavy (non-hydrogen) atoms. The number of aromatic carboxylic acids is 2. The molecule has 14 nitrogen and oxygen atoms in total. The summed E-state index contributed by atoms with van der Waals surface area (Å²) in [6.07, 6.45) is 11.1. The molecule has 0 saturated heterocycles. The van der Waals surface area contributed by atoms with Gasteiger partial charge in [-0.25, -0.2) is 31.6 Å². The molecule has 240 valence electrons. The van der Waals surface area contributed by atoms with Gasteiger partial charge in [0.25, 0.3) is 0 Å². The van der Waals surface area contributed by atoms with Gasteiger partial charge in [-0.3, -0.25) is 9.97 Å². The van der Waals surface area contributed by atoms with Crippen LogP contribution in [0.3, 0.4) is 0 Å². The van der Waals surface area contributed by atoms with Crippen LogP contribution in [0.5, 0.6) is 0 Å². The number of hydrogen-bond acceptors (Lipinski definition) is 9. The predicted octanol–water partition coefficient (Wildman–Crippen LogP) is 3.98. The minimum absolute atomic E-state index is 0.0186. The summed E-state index contributed by atoms with van der Waals surface area (Å²) < 4.78 is 27.1. The summed E-state index contributed by atoms with van der Waals surface area (Å²) in [5.41, 5.74) is 3.70. The second-order valence-electron chi connectivity index (χ2n) is 8.96. The molecule has 0 unspecified atom stereocenters. The van der Waals surface area contributed by atoms with Crippen LogP contribution in [0.4, 0.5) is 5.69 Å². The molecular weight excluding hydrogens is 620 g/mol. The molecule has 1 aromatic carbocycles. The summed E-state index contributed by atoms with van der Waals surface area (Å²) in [7, 11) is -1.82. The van der Waals surface area contributed by atoms with Crippen molar-refractivity contribution in [2.75, 3.05) is 18.1 Å². The quantitative estimate of drug-likeness (QED) is 0.153. The van der Waals surface area contributed by atoms with Gasteiger partial charge in [0.05, 0.1) is 28.3 Å². The van der Waals surface area contributed by atoms with Gasteiger partial charge in [0.2, 0.25) is 10.0 Å². The molecule has 0 spiro atoms. The fourth-order valence-electron chi connectivity index (χ4n) is 3.55. The zero-order valence-corrected chi connectivity index (χ0v) is 25.3. The molecule has 0 bridgehead atoms. The Kier molecular flexibility index (Phi) is 13.6. The van der Waals surface area contributed by atoms with Crippen LogP contribution < -0.4 is 5.32 Å². The number of anilines is 1. The number of aliphatic carboxylic acids is 2. The highest BCUT2D eigenvalue weighted by Gasteiger charge is 2.19. The monoisotopic (exact) mass is 650 g/mol. The summed E-state index contributed by atoms with van der Waals surface area (Å²) >= 11 is 0. The van der Waals surface area contributed by atoms with Crippen LogP contribution in [0, 0.1) is 6.92 Å². The van der Waals surface area contributed by atoms with E-state index >= 15 is 0 Å². The van der Waals surface area contributed by atoms with Crippen molar-refractivity contribution >= 4 is 45.7 Å². The van der Waals surface area contributed by atoms with E-state index in [0.29, 0.717) is 17.8 Å². The molecule has 0 amide bonds. The highest BCUT2D eigenvalue weighted by atomic mass is 32.2. The average molecular weight is 651 g/mol. The fraction of sp³-hybridized carbons (Fsp3) is 0.0968. The molecule has 0 aliphatic rings. The van der Waals surface area contributed by atoms with Crippen LogP contribution >= 0.6 is 0 Å². The molecule has 3 aromatic heterocycles. The van der Waals surface area contributed by atoms with E-state index in [2.05, 4.69) is 15.3 Å². The van der Waals surface area contributed by atoms with Crippen molar-refractivity contribution in [2.24, 2.45) is 0 Å². The van der Waals surface area contributed by atoms with Crippen LogP contribution in [0.25, 0.3) is 17.3 Å². The second-order valence-corrected chi connectivity index (χ2v) is 10.9. The number of carbonyl (C=O) groups is 4. The van der Waals surface area contributed by atoms with Gasteiger partial charge < -0.3 is 25.7 Å². The molecule has 0 radical (unpaired) electrons. The van der Waals surface area contributed by atoms with E-state index in [9.17, 15) is 27.6 Å². The maximum atomic E-state index is 12.9. The van der Waals surface area contributed by atoms with Crippen LogP contribution in [0.1, 0.15) is 32.0 Å². The Hall–Kier alpha value is -6.09. The Morgan fingerprint density at radius 1 is 0.870 bits per heavy atom. The van der Waals surface area contributed by atoms with Crippen molar-refractivity contribution in [1.82, 2.24) is 13.9 Å². The van der Waals surface area contributed by atoms with Crippen molar-refractivity contribution in [2.45, 2.75) is 6.92 Å². The lowest BCUT2D eigenvalue weighted by atomic mass is 10.1. The number of nitrogens with zero attached hydrogens (tertiary/aromatic N) is 3. The van der Waals surface area contributed by atoms with Gasteiger partial charge in [-0.05, 0) is 55.0 Å². The topological polar surface area (TPSA) is 226 Å². The standard InChI is InChI=1S/C19H20N4O2S.C8H6O4.C4H4O4/c1-15-18(8-4-10-22-15)19-12-17(20-2)14-23(19)26(24,25)11-5-7-16-6-3-9-21-13-16;9-7(10)5-2-1-3-6(4-5)8(11)12;5-3(6)1-2-4(7)8/h3-10,12-14,20H,11H2,1-2H3;1-4H,(H,9,10)(H,11,12);1-2H,(H,5,6)(H,7,8)/b;;2-1+. The average Bonchev–Trinajstić information content (AvgIpc) is 3.47. The molecule has 5 N–H and O–H groups in total. The van der Waals surface area contributed by atoms with Gasteiger partial charge >= 0.3 is 23.9 Å². The molecule has 0 aliphatic heterocycles. The number of aromatic nitrogens is 3. The third kappa shape index (κ3) is 11.5. The lowest BCUT2D eigenvalue weighted by Gasteiger charge is -2.10. The SMILES string of the molecule is CNc1cc(-c2cccnc2C)n(S(=O)(=O)CC=Cc2cccnc2)c1.O=C(O)/C=C/C(=O)O.O=C(O)c1cccc(C(=O)O)c1. The lowest BCUT2D eigenvalue weighted by molar-refractivity contribution is -0.134. The second kappa shape index (κ2) is 17.3. The van der Waals surface area contributed by atoms with Crippen LogP contribution in [-0.4, -0.2) is 79.5 Å². The molecule has 15 heteroatoms. The Balaban J connectivity index is 0.000000303. The number of carboxylic acids is 4. The van der Waals surface area contributed by atoms with Gasteiger partial charge in [0, 0.05) is 55.2 Å². The Bertz CT molecular complexity index is 1800. The molecule has 0 saturated carbocycles. The number of hydrogen-bond donors (Lipinski definition) is 5. The normalized spacial score (nSPS) is 10.7. The molecule has 0 atom stereocenters. The van der Waals surface area contributed by atoms with Crippen molar-refractivity contribution in [3.8, 4) is 11.3 Å². The highest BCUT2D eigenvalue weighted by molar-refractivity contribution is 7.90. The number of pyridine rings is 2. The molecule has 0 aliphatic carbocycles. The fourth-order valence-corrected chi connectivity index (χ4v) is 4.78. The summed E-state index contributed by atoms with van der Waals surface area (Å²) in [5, 5.41) is 35.6. The third-order valence-electron chi connectivity index (χ3n) is 5.68. The van der Waals surface area contributed by atoms with E-state index in [1.54, 1.807) is 50.1 Å². The van der Waals surface area contributed by atoms with Gasteiger partial charge in [-0.2, -0.15) is 0 Å². The number of benzene rings is 1. The van der Waals surface area contributed by atoms with Crippen molar-refractivity contribution < 1.29 is 48.0 Å². The predicted molar refractivity (Wildman–Crippen MR) is 169 cm³/mol. The summed E-state index contributed by atoms with van der Waals surface area (Å²) in [6, 6.07) is 14.4. The Morgan fingerprint density at radius 3 is 1.98 bits per heavy atom. The molecule has 4 rings (SSSR count). The Morgan fingerprint density at radius 2 is 1.48 bits per heavy atom. The minimum Gasteiger partial charge on any atom is -0.478 e. The molecule has 4 aromatic rings. The molecule has 0 fully saturated rings. The minimum atomic E-state index is -3.57. The van der Waals surface area contributed by atoms with Crippen LogP contribution in [-0.2, 0) is 19.6 Å². The first-order chi connectivity index (χ1) is 21.7. The van der Waals surface area contributed by atoms with E-state index in [-0.39, 0.29) is 16.9 Å². The van der Waals surface area contributed by atoms with Crippen LogP contribution in [0.15, 0.2) is 97.6 Å². The van der Waals surface area contributed by atoms with Crippen molar-refractivity contribution in [3.63, 3.8) is 0 Å². The summed E-state index contributed by atoms with van der Waals surface area (Å²) in [5.74, 6) is -4.89. The maximum absolute atomic E-state index is 12.9. The first-order valence-electron chi connectivity index (χ1n) is 13.1. The lowest BCUT2D eigenvalue weighted by Crippen LogP contribution is -2.15. The van der Waals surface area contributed by atoms with E-state index in [1.165, 1.54) is 22.2 Å². The number of nitrogens with one attached hydrogen (secondary N) is 1. The highest BCUT2D eigenvalue weighted by Crippen LogP contribution is 2.28. The largest absolute Gasteiger partial charge is 0.478 e. The van der Waals surface area contributed by atoms with Gasteiger partial charge in [0.1, 0.15) is 0 Å². The van der Waals surface area contributed by atoms with Crippen molar-refractivity contribution in [3.05, 3.63) is 120 Å². The van der Waals surface area contributed by atoms with E-state index in [0.717, 1.165) is 28.6 Å². The van der Waals surface area contributed by atoms with Crippen molar-refractivity contribution in [1.29, 1.82) is 0 Å². The molecular formula is C31H30N4O10S. The summed E-state index contributed by atoms with van der Waals surface area (Å²) in [4.78, 5) is 48.2. The van der Waals surface area contributed by atoms with E-state index in [4.69, 9.17) is 20.4 Å². The smallest absolute Gasteiger partial charge is 0.335 e. The Labute approximate surface area is 263 Å². The van der Waals surface area contributed by atoms with Gasteiger partial charge in [-0.1, -0.05) is 24.3 Å². The van der Waals surface area contributed by atoms with Crippen LogP contribution in [0.2, 0.25) is 0 Å². The number of rotatable bonds is 10. The zero-order chi connectivity index (χ0) is 34.3. The van der Waals surface area contributed by atoms with Gasteiger partial charge in [0.15, 0.2) is 0 Å². The van der Waals surface area contributed by atoms with E-state index in [1.807, 2.05) is 31.2 Å². The summed E-state index contributed by atoms with van der Waals surface area (Å²) in [6.45, 7) is 1.86. The number of aryl methyl sites for hydroxylation is 1. The maximum Gasteiger partial charge on any atom is 0.335 e. The number of carboxylic acid groups (broad SMARTS) is 4. The third-order valence-corrected chi connectivity index (χ3v) is 7.20. The first kappa shape index (κ1) is 36.1. The van der Waals surface area contributed by atoms with Gasteiger partial charge in [-0.15, -0.1) is 0 Å². The zero-order valence-electron chi connectivity index (χ0n) is 24.5. The molecule has 3 heterocycles. The van der Waals surface area contributed by atoms with E-state index < -0.39 is 33.9 Å².